The summed E-state index contributed by atoms with van der Waals surface area (Å²) < 4.78 is 67.6. The molecule has 0 saturated carbocycles. The smallest absolute Gasteiger partial charge is 0.422 e. The number of carbonyl (C=O) groups is 8. The lowest BCUT2D eigenvalue weighted by atomic mass is 10.3. The molecule has 0 amide bonds. The van der Waals surface area contributed by atoms with Gasteiger partial charge in [-0.25, -0.2) is 19.2 Å². The van der Waals surface area contributed by atoms with Crippen molar-refractivity contribution in [1.82, 2.24) is 0 Å². The fourth-order valence-electron chi connectivity index (χ4n) is 1.92. The fraction of sp³-hybridized carbons (Fsp3) is 0.515. The normalized spacial score (nSPS) is 9.71. The fourth-order valence-corrected chi connectivity index (χ4v) is 1.92. The quantitative estimate of drug-likeness (QED) is 0.0947. The SMILES string of the molecule is C=C(C(=O)OCC(=O)COCC)C(F)(F)F.C=C(C)C(=O)OCC(=O)CO.C=C(C)C(=O)OCC(=O)COCC.C=CC(=O)OCC(=O)COCC. The summed E-state index contributed by atoms with van der Waals surface area (Å²) in [6.45, 7) is 19.3. The summed E-state index contributed by atoms with van der Waals surface area (Å²) in [5, 5.41) is 8.22. The number of ketones is 4. The number of ether oxygens (including phenoxy) is 7. The van der Waals surface area contributed by atoms with E-state index in [0.717, 1.165) is 6.08 Å². The van der Waals surface area contributed by atoms with E-state index < -0.39 is 60.4 Å². The Balaban J connectivity index is -0.000000298. The number of Topliss-reactive ketones (excluding diaryl/α,β-unsaturated/α-hetero) is 4. The van der Waals surface area contributed by atoms with E-state index in [2.05, 4.69) is 50.0 Å². The number of aliphatic hydroxyl groups excluding tert-OH is 1. The molecule has 0 bridgehead atoms. The molecule has 0 saturated heterocycles. The number of halogens is 3. The third-order valence-electron chi connectivity index (χ3n) is 4.50. The van der Waals surface area contributed by atoms with Crippen LogP contribution in [0.15, 0.2) is 49.1 Å². The molecule has 0 heterocycles. The minimum atomic E-state index is -4.85. The standard InChI is InChI=1S/C9H11F3O4.C9H14O4.C8H12O4.C7H10O4/c1-3-15-4-7(13)5-16-8(14)6(2)9(10,11)12;1-4-12-5-8(10)6-13-9(11)7(2)3;1-3-8(10)12-6-7(9)5-11-4-2;1-5(2)7(10)11-4-6(9)3-8/h2-5H2,1H3;2,4-6H2,1,3H3;3H,1,4-6H2,2H3;8H,1,3-4H2,2H3. The van der Waals surface area contributed by atoms with Gasteiger partial charge >= 0.3 is 30.1 Å². The maximum atomic E-state index is 11.9. The lowest BCUT2D eigenvalue weighted by Gasteiger charge is -2.09. The van der Waals surface area contributed by atoms with Crippen molar-refractivity contribution in [3.8, 4) is 0 Å². The van der Waals surface area contributed by atoms with Crippen LogP contribution in [-0.2, 0) is 71.5 Å². The second-order valence-electron chi connectivity index (χ2n) is 9.30. The van der Waals surface area contributed by atoms with Gasteiger partial charge in [0.1, 0.15) is 32.0 Å². The first-order chi connectivity index (χ1) is 24.1. The Bertz CT molecular complexity index is 1220. The number of carbonyl (C=O) groups excluding carboxylic acids is 8. The molecule has 0 spiro atoms. The van der Waals surface area contributed by atoms with Gasteiger partial charge in [-0.1, -0.05) is 26.3 Å². The average molecular weight is 757 g/mol. The first kappa shape index (κ1) is 53.9. The van der Waals surface area contributed by atoms with Gasteiger partial charge in [-0.3, -0.25) is 19.2 Å². The van der Waals surface area contributed by atoms with Crippen molar-refractivity contribution in [2.24, 2.45) is 0 Å². The van der Waals surface area contributed by atoms with Crippen LogP contribution in [0, 0.1) is 0 Å². The molecule has 0 aromatic heterocycles. The molecular formula is C33H47F3O16. The Morgan fingerprint density at radius 3 is 1.13 bits per heavy atom. The summed E-state index contributed by atoms with van der Waals surface area (Å²) in [5.41, 5.74) is -1.13. The minimum absolute atomic E-state index is 0.0130. The molecular weight excluding hydrogens is 709 g/mol. The summed E-state index contributed by atoms with van der Waals surface area (Å²) in [4.78, 5) is 85.5. The molecule has 0 aliphatic carbocycles. The Labute approximate surface area is 299 Å². The highest BCUT2D eigenvalue weighted by Crippen LogP contribution is 2.24. The minimum Gasteiger partial charge on any atom is -0.454 e. The predicted molar refractivity (Wildman–Crippen MR) is 175 cm³/mol. The lowest BCUT2D eigenvalue weighted by molar-refractivity contribution is -0.154. The van der Waals surface area contributed by atoms with Crippen LogP contribution in [0.4, 0.5) is 13.2 Å². The third kappa shape index (κ3) is 36.4. The van der Waals surface area contributed by atoms with Crippen molar-refractivity contribution in [2.45, 2.75) is 40.8 Å². The largest absolute Gasteiger partial charge is 0.454 e. The van der Waals surface area contributed by atoms with Gasteiger partial charge in [-0.2, -0.15) is 13.2 Å². The van der Waals surface area contributed by atoms with Gasteiger partial charge in [0.2, 0.25) is 0 Å². The Morgan fingerprint density at radius 2 is 0.865 bits per heavy atom. The first-order valence-corrected chi connectivity index (χ1v) is 14.9. The lowest BCUT2D eigenvalue weighted by Crippen LogP contribution is -2.24. The van der Waals surface area contributed by atoms with E-state index in [4.69, 9.17) is 14.6 Å². The molecule has 0 rings (SSSR count). The molecule has 1 N–H and O–H groups in total. The van der Waals surface area contributed by atoms with Crippen LogP contribution in [0.2, 0.25) is 0 Å². The van der Waals surface area contributed by atoms with Crippen LogP contribution in [0.3, 0.4) is 0 Å². The van der Waals surface area contributed by atoms with Gasteiger partial charge in [0, 0.05) is 37.0 Å². The second-order valence-corrected chi connectivity index (χ2v) is 9.30. The number of rotatable bonds is 22. The van der Waals surface area contributed by atoms with Crippen molar-refractivity contribution >= 4 is 47.0 Å². The summed E-state index contributed by atoms with van der Waals surface area (Å²) >= 11 is 0. The molecule has 0 aromatic carbocycles. The van der Waals surface area contributed by atoms with Gasteiger partial charge in [0.25, 0.3) is 0 Å². The molecule has 16 nitrogen and oxygen atoms in total. The highest BCUT2D eigenvalue weighted by atomic mass is 19.4. The van der Waals surface area contributed by atoms with Crippen molar-refractivity contribution in [3.63, 3.8) is 0 Å². The number of aliphatic hydroxyl groups is 1. The van der Waals surface area contributed by atoms with Gasteiger partial charge in [-0.05, 0) is 34.6 Å². The third-order valence-corrected chi connectivity index (χ3v) is 4.50. The van der Waals surface area contributed by atoms with Crippen LogP contribution >= 0.6 is 0 Å². The number of hydrogen-bond acceptors (Lipinski definition) is 16. The molecule has 0 unspecified atom stereocenters. The zero-order chi connectivity index (χ0) is 41.3. The molecule has 52 heavy (non-hydrogen) atoms. The van der Waals surface area contributed by atoms with Crippen LogP contribution in [0.25, 0.3) is 0 Å². The zero-order valence-electron chi connectivity index (χ0n) is 29.9. The Kier molecular flexibility index (Phi) is 34.5. The van der Waals surface area contributed by atoms with Crippen LogP contribution in [-0.4, -0.2) is 131 Å². The van der Waals surface area contributed by atoms with Crippen molar-refractivity contribution in [1.29, 1.82) is 0 Å². The molecule has 0 atom stereocenters. The second kappa shape index (κ2) is 33.3. The molecule has 0 aromatic rings. The molecule has 0 aliphatic rings. The molecule has 19 heteroatoms. The van der Waals surface area contributed by atoms with Crippen molar-refractivity contribution in [3.05, 3.63) is 49.1 Å². The number of hydrogen-bond donors (Lipinski definition) is 1. The van der Waals surface area contributed by atoms with E-state index in [1.165, 1.54) is 13.8 Å². The number of esters is 4. The first-order valence-electron chi connectivity index (χ1n) is 14.9. The molecule has 0 radical (unpaired) electrons. The van der Waals surface area contributed by atoms with Gasteiger partial charge < -0.3 is 38.3 Å². The Hall–Kier alpha value is -4.85. The highest BCUT2D eigenvalue weighted by molar-refractivity contribution is 5.92. The molecule has 0 fully saturated rings. The van der Waals surface area contributed by atoms with E-state index in [0.29, 0.717) is 13.2 Å². The van der Waals surface area contributed by atoms with Gasteiger partial charge in [0.15, 0.2) is 49.6 Å². The predicted octanol–water partition coefficient (Wildman–Crippen LogP) is 1.95. The van der Waals surface area contributed by atoms with E-state index >= 15 is 0 Å². The zero-order valence-corrected chi connectivity index (χ0v) is 29.9. The topological polar surface area (TPSA) is 221 Å². The summed E-state index contributed by atoms with van der Waals surface area (Å²) in [5.74, 6) is -5.08. The van der Waals surface area contributed by atoms with Crippen LogP contribution in [0.5, 0.6) is 0 Å². The Morgan fingerprint density at radius 1 is 0.558 bits per heavy atom. The van der Waals surface area contributed by atoms with E-state index in [1.54, 1.807) is 20.8 Å². The van der Waals surface area contributed by atoms with Crippen molar-refractivity contribution in [2.75, 3.05) is 72.7 Å². The van der Waals surface area contributed by atoms with Gasteiger partial charge in [0.05, 0.1) is 0 Å². The van der Waals surface area contributed by atoms with Crippen LogP contribution < -0.4 is 0 Å². The monoisotopic (exact) mass is 756 g/mol. The summed E-state index contributed by atoms with van der Waals surface area (Å²) in [7, 11) is 0. The van der Waals surface area contributed by atoms with E-state index in [1.807, 2.05) is 0 Å². The van der Waals surface area contributed by atoms with Crippen LogP contribution in [0.1, 0.15) is 34.6 Å². The van der Waals surface area contributed by atoms with E-state index in [-0.39, 0.29) is 69.0 Å². The molecule has 0 aliphatic heterocycles. The maximum Gasteiger partial charge on any atom is 0.422 e. The summed E-state index contributed by atoms with van der Waals surface area (Å²) in [6.07, 6.45) is -3.84. The highest BCUT2D eigenvalue weighted by Gasteiger charge is 2.38. The van der Waals surface area contributed by atoms with Crippen molar-refractivity contribution < 1.29 is 89.8 Å². The maximum absolute atomic E-state index is 11.9. The molecule has 296 valence electrons. The summed E-state index contributed by atoms with van der Waals surface area (Å²) in [6, 6.07) is 0. The van der Waals surface area contributed by atoms with E-state index in [9.17, 15) is 51.5 Å². The van der Waals surface area contributed by atoms with Gasteiger partial charge in [-0.15, -0.1) is 0 Å². The average Bonchev–Trinajstić information content (AvgIpc) is 3.10. The number of alkyl halides is 3.